The van der Waals surface area contributed by atoms with E-state index in [0.717, 1.165) is 0 Å². The molecule has 7 heteroatoms. The van der Waals surface area contributed by atoms with Crippen LogP contribution in [0, 0.1) is 5.92 Å². The van der Waals surface area contributed by atoms with Gasteiger partial charge in [0.1, 0.15) is 16.5 Å². The van der Waals surface area contributed by atoms with Gasteiger partial charge in [0.25, 0.3) is 0 Å². The fraction of sp³-hybridized carbons (Fsp3) is 0.500. The number of hydrogen-bond acceptors (Lipinski definition) is 5. The van der Waals surface area contributed by atoms with Crippen LogP contribution in [0.5, 0.6) is 0 Å². The van der Waals surface area contributed by atoms with Gasteiger partial charge in [0.2, 0.25) is 5.91 Å². The number of amides is 1. The zero-order valence-corrected chi connectivity index (χ0v) is 12.0. The summed E-state index contributed by atoms with van der Waals surface area (Å²) in [6.07, 6.45) is 3.44. The minimum Gasteiger partial charge on any atom is -0.388 e. The summed E-state index contributed by atoms with van der Waals surface area (Å²) in [5, 5.41) is 5.85. The number of carbonyl (C=O) groups excluding carboxylic acids is 1. The van der Waals surface area contributed by atoms with Crippen molar-refractivity contribution in [3.05, 3.63) is 18.1 Å². The van der Waals surface area contributed by atoms with Crippen LogP contribution in [0.4, 0.5) is 5.82 Å². The van der Waals surface area contributed by atoms with Gasteiger partial charge in [-0.05, 0) is 5.92 Å². The Morgan fingerprint density at radius 2 is 2.16 bits per heavy atom. The van der Waals surface area contributed by atoms with Gasteiger partial charge in [-0.1, -0.05) is 26.1 Å². The van der Waals surface area contributed by atoms with Crippen molar-refractivity contribution < 1.29 is 4.79 Å². The van der Waals surface area contributed by atoms with Crippen molar-refractivity contribution in [2.24, 2.45) is 11.7 Å². The Labute approximate surface area is 118 Å². The summed E-state index contributed by atoms with van der Waals surface area (Å²) in [6, 6.07) is 0. The molecule has 0 spiro atoms. The molecule has 0 atom stereocenters. The number of nitrogens with two attached hydrogens (primary N) is 1. The van der Waals surface area contributed by atoms with Crippen molar-refractivity contribution in [1.29, 1.82) is 0 Å². The van der Waals surface area contributed by atoms with E-state index >= 15 is 0 Å². The molecular weight excluding hydrogens is 262 g/mol. The Hall–Kier alpha value is -1.76. The van der Waals surface area contributed by atoms with Gasteiger partial charge in [0.15, 0.2) is 0 Å². The van der Waals surface area contributed by atoms with Crippen LogP contribution >= 0.6 is 12.2 Å². The highest BCUT2D eigenvalue weighted by Crippen LogP contribution is 2.01. The molecule has 0 saturated heterocycles. The average molecular weight is 281 g/mol. The molecule has 0 aliphatic carbocycles. The molecule has 1 aromatic rings. The van der Waals surface area contributed by atoms with Crippen molar-refractivity contribution in [3.8, 4) is 0 Å². The van der Waals surface area contributed by atoms with E-state index in [1.165, 1.54) is 6.20 Å². The number of carbonyl (C=O) groups is 1. The molecule has 0 aliphatic rings. The first-order valence-electron chi connectivity index (χ1n) is 6.11. The molecular formula is C12H19N5OS. The Balaban J connectivity index is 2.29. The molecule has 0 radical (unpaired) electrons. The maximum absolute atomic E-state index is 11.5. The number of nitrogens with zero attached hydrogens (tertiary/aromatic N) is 2. The quantitative estimate of drug-likeness (QED) is 0.637. The van der Waals surface area contributed by atoms with Crippen LogP contribution in [0.3, 0.4) is 0 Å². The van der Waals surface area contributed by atoms with Crippen LogP contribution in [0.2, 0.25) is 0 Å². The number of aromatic nitrogens is 2. The van der Waals surface area contributed by atoms with Crippen molar-refractivity contribution in [2.75, 3.05) is 18.4 Å². The number of nitrogens with one attached hydrogen (secondary N) is 2. The summed E-state index contributed by atoms with van der Waals surface area (Å²) < 4.78 is 0. The minimum atomic E-state index is 0.0221. The molecule has 1 heterocycles. The van der Waals surface area contributed by atoms with Gasteiger partial charge in [0, 0.05) is 19.5 Å². The van der Waals surface area contributed by atoms with Crippen LogP contribution in [0.1, 0.15) is 26.0 Å². The fourth-order valence-corrected chi connectivity index (χ4v) is 1.36. The monoisotopic (exact) mass is 281 g/mol. The van der Waals surface area contributed by atoms with Crippen molar-refractivity contribution in [3.63, 3.8) is 0 Å². The topological polar surface area (TPSA) is 92.9 Å². The normalized spacial score (nSPS) is 10.3. The van der Waals surface area contributed by atoms with Crippen molar-refractivity contribution in [2.45, 2.75) is 20.3 Å². The third-order valence-electron chi connectivity index (χ3n) is 2.27. The smallest absolute Gasteiger partial charge is 0.221 e. The van der Waals surface area contributed by atoms with E-state index in [2.05, 4.69) is 34.4 Å². The van der Waals surface area contributed by atoms with Gasteiger partial charge in [-0.2, -0.15) is 0 Å². The van der Waals surface area contributed by atoms with E-state index in [1.54, 1.807) is 6.20 Å². The molecule has 4 N–H and O–H groups in total. The molecule has 0 aromatic carbocycles. The van der Waals surface area contributed by atoms with Gasteiger partial charge in [-0.25, -0.2) is 9.97 Å². The fourth-order valence-electron chi connectivity index (χ4n) is 1.26. The van der Waals surface area contributed by atoms with E-state index in [4.69, 9.17) is 18.0 Å². The summed E-state index contributed by atoms with van der Waals surface area (Å²) >= 11 is 4.78. The van der Waals surface area contributed by atoms with Gasteiger partial charge >= 0.3 is 0 Å². The largest absolute Gasteiger partial charge is 0.388 e. The molecule has 104 valence electrons. The maximum atomic E-state index is 11.5. The van der Waals surface area contributed by atoms with E-state index in [9.17, 15) is 4.79 Å². The summed E-state index contributed by atoms with van der Waals surface area (Å²) in [5.74, 6) is 1.07. The number of anilines is 1. The standard InChI is InChI=1S/C12H19N5OS/c1-8(2)5-17-11(18)3-4-14-10-7-15-9(6-16-10)12(13)19/h6-8H,3-5H2,1-2H3,(H2,13,19)(H,14,16)(H,17,18). The lowest BCUT2D eigenvalue weighted by Gasteiger charge is -2.08. The van der Waals surface area contributed by atoms with E-state index in [0.29, 0.717) is 36.9 Å². The lowest BCUT2D eigenvalue weighted by Crippen LogP contribution is -2.28. The van der Waals surface area contributed by atoms with E-state index in [-0.39, 0.29) is 10.9 Å². The predicted molar refractivity (Wildman–Crippen MR) is 78.9 cm³/mol. The lowest BCUT2D eigenvalue weighted by molar-refractivity contribution is -0.120. The Kier molecular flexibility index (Phi) is 6.14. The van der Waals surface area contributed by atoms with Crippen LogP contribution in [-0.2, 0) is 4.79 Å². The second kappa shape index (κ2) is 7.63. The Morgan fingerprint density at radius 1 is 1.42 bits per heavy atom. The highest BCUT2D eigenvalue weighted by atomic mass is 32.1. The molecule has 0 unspecified atom stereocenters. The lowest BCUT2D eigenvalue weighted by atomic mass is 10.2. The van der Waals surface area contributed by atoms with Crippen LogP contribution in [0.25, 0.3) is 0 Å². The molecule has 0 fully saturated rings. The predicted octanol–water partition coefficient (Wildman–Crippen LogP) is 0.685. The first-order valence-corrected chi connectivity index (χ1v) is 6.52. The summed E-state index contributed by atoms with van der Waals surface area (Å²) in [5.41, 5.74) is 5.90. The molecule has 1 rings (SSSR count). The second-order valence-corrected chi connectivity index (χ2v) is 4.97. The summed E-state index contributed by atoms with van der Waals surface area (Å²) in [7, 11) is 0. The van der Waals surface area contributed by atoms with E-state index < -0.39 is 0 Å². The number of thiocarbonyl (C=S) groups is 1. The SMILES string of the molecule is CC(C)CNC(=O)CCNc1cnc(C(N)=S)cn1. The molecule has 1 aromatic heterocycles. The first-order chi connectivity index (χ1) is 8.99. The molecule has 1 amide bonds. The van der Waals surface area contributed by atoms with Gasteiger partial charge in [-0.3, -0.25) is 4.79 Å². The average Bonchev–Trinajstić information content (AvgIpc) is 2.37. The summed E-state index contributed by atoms with van der Waals surface area (Å²) in [6.45, 7) is 5.31. The van der Waals surface area contributed by atoms with Crippen molar-refractivity contribution in [1.82, 2.24) is 15.3 Å². The molecule has 0 saturated carbocycles. The van der Waals surface area contributed by atoms with Gasteiger partial charge in [0.05, 0.1) is 12.4 Å². The molecule has 0 aliphatic heterocycles. The molecule has 19 heavy (non-hydrogen) atoms. The number of rotatable bonds is 7. The molecule has 6 nitrogen and oxygen atoms in total. The van der Waals surface area contributed by atoms with Gasteiger partial charge in [-0.15, -0.1) is 0 Å². The van der Waals surface area contributed by atoms with Crippen LogP contribution in [0.15, 0.2) is 12.4 Å². The van der Waals surface area contributed by atoms with Crippen molar-refractivity contribution >= 4 is 28.9 Å². The third-order valence-corrected chi connectivity index (χ3v) is 2.48. The molecule has 0 bridgehead atoms. The number of hydrogen-bond donors (Lipinski definition) is 3. The minimum absolute atomic E-state index is 0.0221. The highest BCUT2D eigenvalue weighted by Gasteiger charge is 2.03. The highest BCUT2D eigenvalue weighted by molar-refractivity contribution is 7.80. The Bertz CT molecular complexity index is 432. The van der Waals surface area contributed by atoms with E-state index in [1.807, 2.05) is 0 Å². The Morgan fingerprint density at radius 3 is 2.68 bits per heavy atom. The zero-order valence-electron chi connectivity index (χ0n) is 11.1. The maximum Gasteiger partial charge on any atom is 0.221 e. The second-order valence-electron chi connectivity index (χ2n) is 4.53. The first kappa shape index (κ1) is 15.3. The zero-order chi connectivity index (χ0) is 14.3. The van der Waals surface area contributed by atoms with Gasteiger partial charge < -0.3 is 16.4 Å². The van der Waals surface area contributed by atoms with Crippen LogP contribution < -0.4 is 16.4 Å². The summed E-state index contributed by atoms with van der Waals surface area (Å²) in [4.78, 5) is 19.8. The third kappa shape index (κ3) is 6.10. The van der Waals surface area contributed by atoms with Crippen LogP contribution in [-0.4, -0.2) is 34.0 Å².